The highest BCUT2D eigenvalue weighted by Gasteiger charge is 2.36. The zero-order valence-electron chi connectivity index (χ0n) is 20.1. The summed E-state index contributed by atoms with van der Waals surface area (Å²) in [5, 5.41) is 5.72. The second-order valence-corrected chi connectivity index (χ2v) is 10.7. The molecule has 3 heterocycles. The van der Waals surface area contributed by atoms with E-state index in [1.807, 2.05) is 35.2 Å². The number of hydrogen-bond donors (Lipinski definition) is 2. The summed E-state index contributed by atoms with van der Waals surface area (Å²) in [6.45, 7) is 1.03. The first-order valence-electron chi connectivity index (χ1n) is 12.0. The Labute approximate surface area is 227 Å². The molecule has 2 aromatic heterocycles. The van der Waals surface area contributed by atoms with Crippen LogP contribution in [-0.2, 0) is 4.79 Å². The summed E-state index contributed by atoms with van der Waals surface area (Å²) in [7, 11) is 0. The van der Waals surface area contributed by atoms with Gasteiger partial charge in [-0.25, -0.2) is 4.39 Å². The molecule has 2 amide bonds. The van der Waals surface area contributed by atoms with Gasteiger partial charge in [-0.3, -0.25) is 23.9 Å². The van der Waals surface area contributed by atoms with Crippen LogP contribution in [0.5, 0.6) is 0 Å². The molecule has 38 heavy (non-hydrogen) atoms. The van der Waals surface area contributed by atoms with Crippen LogP contribution in [0.4, 0.5) is 10.1 Å². The Balaban J connectivity index is 1.26. The largest absolute Gasteiger partial charge is 0.347 e. The predicted octanol–water partition coefficient (Wildman–Crippen LogP) is 4.53. The number of nitrogens with zero attached hydrogens (tertiary/aromatic N) is 2. The fourth-order valence-corrected chi connectivity index (χ4v) is 5.61. The summed E-state index contributed by atoms with van der Waals surface area (Å²) in [5.41, 5.74) is 1.17. The quantitative estimate of drug-likeness (QED) is 0.354. The van der Waals surface area contributed by atoms with Crippen LogP contribution in [-0.4, -0.2) is 47.0 Å². The Morgan fingerprint density at radius 2 is 1.79 bits per heavy atom. The molecule has 10 heteroatoms. The summed E-state index contributed by atoms with van der Waals surface area (Å²) in [4.78, 5) is 40.2. The van der Waals surface area contributed by atoms with Gasteiger partial charge in [-0.1, -0.05) is 48.0 Å². The van der Waals surface area contributed by atoms with Crippen molar-refractivity contribution in [2.45, 2.75) is 12.0 Å². The number of pyridine rings is 1. The van der Waals surface area contributed by atoms with Crippen molar-refractivity contribution in [3.8, 4) is 5.69 Å². The average Bonchev–Trinajstić information content (AvgIpc) is 3.52. The van der Waals surface area contributed by atoms with Crippen molar-refractivity contribution in [3.05, 3.63) is 116 Å². The molecule has 4 aromatic rings. The van der Waals surface area contributed by atoms with Gasteiger partial charge in [0.2, 0.25) is 5.91 Å². The second kappa shape index (κ2) is 11.3. The minimum absolute atomic E-state index is 0.0245. The number of carbonyl (C=O) groups excluding carboxylic acids is 2. The van der Waals surface area contributed by atoms with E-state index < -0.39 is 5.82 Å². The maximum atomic E-state index is 14.8. The first kappa shape index (κ1) is 25.8. The second-order valence-electron chi connectivity index (χ2n) is 9.02. The highest BCUT2D eigenvalue weighted by atomic mass is 35.5. The van der Waals surface area contributed by atoms with Gasteiger partial charge in [0.05, 0.1) is 27.1 Å². The first-order valence-corrected chi connectivity index (χ1v) is 13.2. The van der Waals surface area contributed by atoms with Crippen LogP contribution in [0.3, 0.4) is 0 Å². The van der Waals surface area contributed by atoms with Crippen LogP contribution in [0, 0.1) is 5.82 Å². The van der Waals surface area contributed by atoms with Gasteiger partial charge in [0, 0.05) is 43.4 Å². The van der Waals surface area contributed by atoms with Gasteiger partial charge >= 0.3 is 0 Å². The molecule has 0 saturated carbocycles. The van der Waals surface area contributed by atoms with Gasteiger partial charge in [0.15, 0.2) is 0 Å². The van der Waals surface area contributed by atoms with E-state index in [0.29, 0.717) is 28.0 Å². The number of carbonyl (C=O) groups is 2. The molecule has 0 aliphatic carbocycles. The van der Waals surface area contributed by atoms with E-state index in [1.165, 1.54) is 34.1 Å². The monoisotopic (exact) mass is 550 g/mol. The highest BCUT2D eigenvalue weighted by molar-refractivity contribution is 7.18. The smallest absolute Gasteiger partial charge is 0.261 e. The number of benzene rings is 2. The average molecular weight is 551 g/mol. The number of likely N-dealkylation sites (tertiary alicyclic amines) is 1. The lowest BCUT2D eigenvalue weighted by Gasteiger charge is -2.20. The number of anilines is 1. The molecule has 2 N–H and O–H groups in total. The number of aromatic nitrogens is 1. The molecular weight excluding hydrogens is 527 g/mol. The number of thiophene rings is 1. The van der Waals surface area contributed by atoms with E-state index in [-0.39, 0.29) is 41.6 Å². The molecular formula is C28H24ClFN4O3S. The first-order chi connectivity index (χ1) is 18.4. The Morgan fingerprint density at radius 1 is 1.00 bits per heavy atom. The van der Waals surface area contributed by atoms with E-state index in [9.17, 15) is 18.8 Å². The molecule has 0 unspecified atom stereocenters. The van der Waals surface area contributed by atoms with Crippen molar-refractivity contribution >= 4 is 40.4 Å². The topological polar surface area (TPSA) is 83.4 Å². The molecule has 0 bridgehead atoms. The molecule has 1 aliphatic rings. The van der Waals surface area contributed by atoms with Gasteiger partial charge < -0.3 is 10.6 Å². The molecule has 0 radical (unpaired) electrons. The number of rotatable bonds is 7. The summed E-state index contributed by atoms with van der Waals surface area (Å²) < 4.78 is 16.7. The van der Waals surface area contributed by atoms with Crippen LogP contribution < -0.4 is 16.2 Å². The van der Waals surface area contributed by atoms with Crippen molar-refractivity contribution in [1.82, 2.24) is 14.8 Å². The van der Waals surface area contributed by atoms with E-state index in [0.717, 1.165) is 5.56 Å². The molecule has 1 fully saturated rings. The summed E-state index contributed by atoms with van der Waals surface area (Å²) in [5.74, 6) is -1.25. The molecule has 2 aromatic carbocycles. The van der Waals surface area contributed by atoms with Gasteiger partial charge in [-0.05, 0) is 35.9 Å². The molecule has 1 aliphatic heterocycles. The SMILES string of the molecule is O=C(CN1C[C@H](NC(=O)c2ccc(Cl)s2)[C@@H](c2ccccc2)C1)Nc1ccc(-n2ccccc2=O)cc1F. The lowest BCUT2D eigenvalue weighted by Crippen LogP contribution is -2.40. The van der Waals surface area contributed by atoms with E-state index in [2.05, 4.69) is 10.6 Å². The minimum Gasteiger partial charge on any atom is -0.347 e. The van der Waals surface area contributed by atoms with Crippen molar-refractivity contribution < 1.29 is 14.0 Å². The van der Waals surface area contributed by atoms with Crippen LogP contribution in [0.1, 0.15) is 21.2 Å². The predicted molar refractivity (Wildman–Crippen MR) is 147 cm³/mol. The van der Waals surface area contributed by atoms with Gasteiger partial charge in [0.1, 0.15) is 5.82 Å². The Hall–Kier alpha value is -3.79. The van der Waals surface area contributed by atoms with Crippen LogP contribution >= 0.6 is 22.9 Å². The highest BCUT2D eigenvalue weighted by Crippen LogP contribution is 2.29. The third-order valence-corrected chi connectivity index (χ3v) is 7.66. The summed E-state index contributed by atoms with van der Waals surface area (Å²) in [6.07, 6.45) is 1.55. The van der Waals surface area contributed by atoms with Gasteiger partial charge in [-0.15, -0.1) is 11.3 Å². The molecule has 5 rings (SSSR count). The standard InChI is InChI=1S/C28H24ClFN4O3S/c29-25-12-11-24(38-25)28(37)32-23-16-33(15-20(23)18-6-2-1-3-7-18)17-26(35)31-22-10-9-19(14-21(22)30)34-13-5-4-8-27(34)36/h1-14,20,23H,15-17H2,(H,31,35)(H,32,37)/t20-,23+/m1/s1. The zero-order chi connectivity index (χ0) is 26.6. The summed E-state index contributed by atoms with van der Waals surface area (Å²) >= 11 is 7.21. The van der Waals surface area contributed by atoms with Gasteiger partial charge in [0.25, 0.3) is 11.5 Å². The van der Waals surface area contributed by atoms with E-state index in [4.69, 9.17) is 11.6 Å². The van der Waals surface area contributed by atoms with Crippen molar-refractivity contribution in [3.63, 3.8) is 0 Å². The van der Waals surface area contributed by atoms with Crippen molar-refractivity contribution in [2.75, 3.05) is 25.0 Å². The lowest BCUT2D eigenvalue weighted by molar-refractivity contribution is -0.117. The number of halogens is 2. The minimum atomic E-state index is -0.644. The van der Waals surface area contributed by atoms with Crippen LogP contribution in [0.25, 0.3) is 5.69 Å². The molecule has 194 valence electrons. The van der Waals surface area contributed by atoms with E-state index >= 15 is 0 Å². The van der Waals surface area contributed by atoms with Crippen LogP contribution in [0.15, 0.2) is 89.9 Å². The molecule has 7 nitrogen and oxygen atoms in total. The van der Waals surface area contributed by atoms with Crippen LogP contribution in [0.2, 0.25) is 4.34 Å². The maximum absolute atomic E-state index is 14.8. The lowest BCUT2D eigenvalue weighted by atomic mass is 9.94. The van der Waals surface area contributed by atoms with E-state index in [1.54, 1.807) is 36.5 Å². The normalized spacial score (nSPS) is 17.3. The van der Waals surface area contributed by atoms with Crippen molar-refractivity contribution in [1.29, 1.82) is 0 Å². The Bertz CT molecular complexity index is 1520. The van der Waals surface area contributed by atoms with Gasteiger partial charge in [-0.2, -0.15) is 0 Å². The summed E-state index contributed by atoms with van der Waals surface area (Å²) in [6, 6.07) is 21.9. The Kier molecular flexibility index (Phi) is 7.69. The van der Waals surface area contributed by atoms with Crippen molar-refractivity contribution in [2.24, 2.45) is 0 Å². The number of amides is 2. The third kappa shape index (κ3) is 5.85. The fourth-order valence-electron chi connectivity index (χ4n) is 4.66. The fraction of sp³-hybridized carbons (Fsp3) is 0.179. The molecule has 0 spiro atoms. The molecule has 1 saturated heterocycles. The third-order valence-electron chi connectivity index (χ3n) is 6.43. The molecule has 2 atom stereocenters. The number of hydrogen-bond acceptors (Lipinski definition) is 5. The maximum Gasteiger partial charge on any atom is 0.261 e. The zero-order valence-corrected chi connectivity index (χ0v) is 21.7. The Morgan fingerprint density at radius 3 is 2.50 bits per heavy atom. The number of nitrogens with one attached hydrogen (secondary N) is 2.